The van der Waals surface area contributed by atoms with Crippen LogP contribution in [0.2, 0.25) is 0 Å². The molecule has 0 aliphatic heterocycles. The van der Waals surface area contributed by atoms with E-state index in [4.69, 9.17) is 0 Å². The molecule has 0 aliphatic carbocycles. The van der Waals surface area contributed by atoms with Crippen molar-refractivity contribution >= 4 is 128 Å². The molecular formula is C12H28O4P2S4Sn3. The molecule has 0 aromatic rings. The molecule has 13 heteroatoms. The fraction of sp³-hybridized carbons (Fsp3) is 1.00. The Balaban J connectivity index is -0.0000000952. The van der Waals surface area contributed by atoms with Crippen molar-refractivity contribution in [1.29, 1.82) is 0 Å². The van der Waals surface area contributed by atoms with Crippen molar-refractivity contribution in [2.75, 3.05) is 23.0 Å². The Morgan fingerprint density at radius 3 is 0.800 bits per heavy atom. The summed E-state index contributed by atoms with van der Waals surface area (Å²) >= 11 is 8.90. The molecular weight excluding hydrogens is 754 g/mol. The average molecular weight is 783 g/mol. The Labute approximate surface area is 220 Å². The molecule has 0 heterocycles. The second-order valence-corrected chi connectivity index (χ2v) is 20.2. The van der Waals surface area contributed by atoms with Crippen LogP contribution in [0.4, 0.5) is 0 Å². The molecule has 0 atom stereocenters. The van der Waals surface area contributed by atoms with Gasteiger partial charge in [0.25, 0.3) is 0 Å². The average Bonchev–Trinajstić information content (AvgIpc) is 2.37. The molecule has 0 saturated carbocycles. The van der Waals surface area contributed by atoms with Crippen LogP contribution in [-0.4, -0.2) is 94.7 Å². The number of rotatable bonds is 8. The molecule has 0 spiro atoms. The van der Waals surface area contributed by atoms with Crippen LogP contribution >= 0.6 is 11.4 Å². The topological polar surface area (TPSA) is 92.2 Å². The molecule has 0 aromatic heterocycles. The molecule has 0 aromatic carbocycles. The summed E-state index contributed by atoms with van der Waals surface area (Å²) in [7, 11) is -1.05. The van der Waals surface area contributed by atoms with E-state index in [1.165, 1.54) is 0 Å². The van der Waals surface area contributed by atoms with Crippen molar-refractivity contribution < 1.29 is 19.6 Å². The van der Waals surface area contributed by atoms with E-state index in [0.717, 1.165) is 48.7 Å². The molecule has 0 saturated heterocycles. The van der Waals surface area contributed by atoms with Crippen molar-refractivity contribution in [3.8, 4) is 0 Å². The molecule has 0 unspecified atom stereocenters. The minimum atomic E-state index is -3.45. The Hall–Kier alpha value is 4.50. The molecule has 0 amide bonds. The van der Waals surface area contributed by atoms with Gasteiger partial charge in [0, 0.05) is 0 Å². The normalized spacial score (nSPS) is 11.0. The smallest absolute Gasteiger partial charge is 0.854 e. The van der Waals surface area contributed by atoms with E-state index in [1.807, 2.05) is 27.7 Å². The Bertz CT molecular complexity index is 347. The van der Waals surface area contributed by atoms with E-state index in [2.05, 4.69) is 24.5 Å². The first kappa shape index (κ1) is 39.9. The second kappa shape index (κ2) is 23.2. The SMILES string of the molecule is CCCS(CCC)=P([O-])([O-])[S-].CCCS(CCC)=P([O-])([O-])[S-].[Sn+2].[Sn+2].[Sn+2]. The third-order valence-electron chi connectivity index (χ3n) is 2.39. The van der Waals surface area contributed by atoms with Crippen LogP contribution in [0.1, 0.15) is 53.4 Å². The van der Waals surface area contributed by atoms with Crippen LogP contribution in [-0.2, 0) is 44.6 Å². The van der Waals surface area contributed by atoms with E-state index >= 15 is 0 Å². The van der Waals surface area contributed by atoms with Crippen LogP contribution in [0.25, 0.3) is 0 Å². The van der Waals surface area contributed by atoms with E-state index in [-0.39, 0.29) is 71.7 Å². The first-order valence-corrected chi connectivity index (χ1v) is 17.1. The van der Waals surface area contributed by atoms with Crippen LogP contribution < -0.4 is 19.6 Å². The summed E-state index contributed by atoms with van der Waals surface area (Å²) in [5.74, 6) is 2.99. The molecule has 0 N–H and O–H groups in total. The summed E-state index contributed by atoms with van der Waals surface area (Å²) in [6, 6.07) is 0. The summed E-state index contributed by atoms with van der Waals surface area (Å²) in [5, 5.41) is 0. The molecule has 0 aliphatic rings. The summed E-state index contributed by atoms with van der Waals surface area (Å²) in [6.07, 6.45) is 3.63. The van der Waals surface area contributed by atoms with Gasteiger partial charge in [-0.15, -0.1) is 0 Å². The molecule has 4 nitrogen and oxygen atoms in total. The quantitative estimate of drug-likeness (QED) is 0.189. The Kier molecular flexibility index (Phi) is 37.0. The van der Waals surface area contributed by atoms with Crippen molar-refractivity contribution in [2.45, 2.75) is 53.4 Å². The predicted molar refractivity (Wildman–Crippen MR) is 121 cm³/mol. The molecule has 6 radical (unpaired) electrons. The molecule has 0 fully saturated rings. The van der Waals surface area contributed by atoms with Gasteiger partial charge < -0.3 is 55.5 Å². The first-order valence-electron chi connectivity index (χ1n) is 7.44. The summed E-state index contributed by atoms with van der Waals surface area (Å²) in [6.45, 7) is 7.95. The van der Waals surface area contributed by atoms with Gasteiger partial charge in [0.05, 0.1) is 0 Å². The Morgan fingerprint density at radius 1 is 0.560 bits per heavy atom. The first-order chi connectivity index (χ1) is 10.0. The van der Waals surface area contributed by atoms with E-state index in [0.29, 0.717) is 0 Å². The fourth-order valence-electron chi connectivity index (χ4n) is 1.59. The van der Waals surface area contributed by atoms with Gasteiger partial charge in [-0.3, -0.25) is 0 Å². The van der Waals surface area contributed by atoms with Crippen molar-refractivity contribution in [2.24, 2.45) is 0 Å². The standard InChI is InChI=1S/2C6H14O2PS2.3Sn/c2*1-3-5-11(6-4-2)9(7,8)10;;;/h2*3-6H2,1-2H3;;;/q2*-3;3*+2. The summed E-state index contributed by atoms with van der Waals surface area (Å²) < 4.78 is 0. The van der Waals surface area contributed by atoms with Crippen molar-refractivity contribution in [3.05, 3.63) is 0 Å². The van der Waals surface area contributed by atoms with Crippen LogP contribution in [0.5, 0.6) is 0 Å². The zero-order valence-electron chi connectivity index (χ0n) is 15.3. The van der Waals surface area contributed by atoms with Crippen LogP contribution in [0.3, 0.4) is 0 Å². The van der Waals surface area contributed by atoms with E-state index in [1.54, 1.807) is 0 Å². The summed E-state index contributed by atoms with van der Waals surface area (Å²) in [4.78, 5) is 43.9. The van der Waals surface area contributed by atoms with Gasteiger partial charge in [0.15, 0.2) is 0 Å². The van der Waals surface area contributed by atoms with Crippen LogP contribution in [0, 0.1) is 0 Å². The van der Waals surface area contributed by atoms with Crippen molar-refractivity contribution in [1.82, 2.24) is 0 Å². The van der Waals surface area contributed by atoms with Gasteiger partial charge >= 0.3 is 71.7 Å². The van der Waals surface area contributed by atoms with Gasteiger partial charge in [-0.25, -0.2) is 20.1 Å². The van der Waals surface area contributed by atoms with Crippen molar-refractivity contribution in [3.63, 3.8) is 0 Å². The van der Waals surface area contributed by atoms with Gasteiger partial charge in [0.1, 0.15) is 0 Å². The minimum Gasteiger partial charge on any atom is -0.854 e. The second-order valence-electron chi connectivity index (χ2n) is 4.64. The predicted octanol–water partition coefficient (Wildman–Crippen LogP) is -0.403. The van der Waals surface area contributed by atoms with Gasteiger partial charge in [-0.2, -0.15) is 0 Å². The molecule has 0 bridgehead atoms. The monoisotopic (exact) mass is 786 g/mol. The van der Waals surface area contributed by atoms with E-state index < -0.39 is 31.5 Å². The molecule has 0 rings (SSSR count). The van der Waals surface area contributed by atoms with Gasteiger partial charge in [0.2, 0.25) is 0 Å². The van der Waals surface area contributed by atoms with E-state index in [9.17, 15) is 19.6 Å². The third kappa shape index (κ3) is 24.6. The Morgan fingerprint density at radius 2 is 0.720 bits per heavy atom. The maximum absolute atomic E-state index is 11.0. The number of hydrogen-bond donors (Lipinski definition) is 0. The fourth-order valence-corrected chi connectivity index (χ4v) is 12.3. The van der Waals surface area contributed by atoms with Gasteiger partial charge in [-0.1, -0.05) is 27.7 Å². The maximum atomic E-state index is 11.0. The third-order valence-corrected chi connectivity index (χ3v) is 17.0. The largest absolute Gasteiger partial charge is 2.00 e. The zero-order valence-corrected chi connectivity index (χ0v) is 28.9. The zero-order chi connectivity index (χ0) is 17.8. The summed E-state index contributed by atoms with van der Waals surface area (Å²) in [5.41, 5.74) is -6.90. The van der Waals surface area contributed by atoms with Crippen LogP contribution in [0.15, 0.2) is 0 Å². The molecule has 25 heavy (non-hydrogen) atoms. The maximum Gasteiger partial charge on any atom is 2.00 e. The minimum absolute atomic E-state index is 0. The number of hydrogen-bond acceptors (Lipinski definition) is 6. The molecule has 146 valence electrons. The van der Waals surface area contributed by atoms with Gasteiger partial charge in [-0.05, 0) is 48.7 Å².